The van der Waals surface area contributed by atoms with Gasteiger partial charge in [0.2, 0.25) is 0 Å². The standard InChI is InChI=1S/C14H14O/c1-3-5-7-12-8-10-13(11-9-12)14(15)6-4-2/h3-11H,1H2,2H3. The minimum Gasteiger partial charge on any atom is -0.289 e. The molecule has 0 N–H and O–H groups in total. The van der Waals surface area contributed by atoms with Crippen molar-refractivity contribution in [3.05, 3.63) is 66.3 Å². The Kier molecular flexibility index (Phi) is 4.30. The average molecular weight is 198 g/mol. The first-order valence-electron chi connectivity index (χ1n) is 4.84. The van der Waals surface area contributed by atoms with Gasteiger partial charge in [0.15, 0.2) is 5.78 Å². The predicted octanol–water partition coefficient (Wildman–Crippen LogP) is 3.64. The maximum atomic E-state index is 11.4. The van der Waals surface area contributed by atoms with E-state index in [0.29, 0.717) is 5.56 Å². The van der Waals surface area contributed by atoms with E-state index >= 15 is 0 Å². The number of rotatable bonds is 4. The highest BCUT2D eigenvalue weighted by molar-refractivity contribution is 6.04. The average Bonchev–Trinajstić information content (AvgIpc) is 2.27. The van der Waals surface area contributed by atoms with Gasteiger partial charge in [-0.3, -0.25) is 4.79 Å². The second-order valence-corrected chi connectivity index (χ2v) is 3.08. The molecule has 1 aromatic carbocycles. The van der Waals surface area contributed by atoms with Crippen molar-refractivity contribution in [1.29, 1.82) is 0 Å². The van der Waals surface area contributed by atoms with Crippen LogP contribution in [0, 0.1) is 0 Å². The number of carbonyl (C=O) groups excluding carboxylic acids is 1. The molecule has 1 heteroatoms. The van der Waals surface area contributed by atoms with E-state index in [4.69, 9.17) is 0 Å². The van der Waals surface area contributed by atoms with Crippen molar-refractivity contribution >= 4 is 11.9 Å². The van der Waals surface area contributed by atoms with Gasteiger partial charge in [0.25, 0.3) is 0 Å². The first-order chi connectivity index (χ1) is 7.27. The molecule has 76 valence electrons. The van der Waals surface area contributed by atoms with Crippen molar-refractivity contribution in [3.8, 4) is 0 Å². The Balaban J connectivity index is 2.85. The quantitative estimate of drug-likeness (QED) is 0.410. The topological polar surface area (TPSA) is 17.1 Å². The van der Waals surface area contributed by atoms with Crippen LogP contribution >= 0.6 is 0 Å². The van der Waals surface area contributed by atoms with Gasteiger partial charge in [0, 0.05) is 5.56 Å². The SMILES string of the molecule is C=CC=Cc1ccc(C(=O)C=CC)cc1. The van der Waals surface area contributed by atoms with E-state index in [-0.39, 0.29) is 5.78 Å². The van der Waals surface area contributed by atoms with Crippen molar-refractivity contribution in [1.82, 2.24) is 0 Å². The van der Waals surface area contributed by atoms with Gasteiger partial charge in [-0.1, -0.05) is 55.1 Å². The van der Waals surface area contributed by atoms with Crippen molar-refractivity contribution in [2.45, 2.75) is 6.92 Å². The first kappa shape index (κ1) is 11.2. The molecule has 0 spiro atoms. The smallest absolute Gasteiger partial charge is 0.185 e. The van der Waals surface area contributed by atoms with Crippen LogP contribution in [0.25, 0.3) is 6.08 Å². The summed E-state index contributed by atoms with van der Waals surface area (Å²) in [5.41, 5.74) is 1.77. The summed E-state index contributed by atoms with van der Waals surface area (Å²) in [6, 6.07) is 7.48. The monoisotopic (exact) mass is 198 g/mol. The summed E-state index contributed by atoms with van der Waals surface area (Å²) in [5, 5.41) is 0. The highest BCUT2D eigenvalue weighted by Crippen LogP contribution is 2.07. The number of hydrogen-bond donors (Lipinski definition) is 0. The minimum atomic E-state index is 0.0387. The number of allylic oxidation sites excluding steroid dienone is 4. The summed E-state index contributed by atoms with van der Waals surface area (Å²) < 4.78 is 0. The van der Waals surface area contributed by atoms with E-state index in [1.54, 1.807) is 18.2 Å². The molecular weight excluding hydrogens is 184 g/mol. The van der Waals surface area contributed by atoms with Crippen molar-refractivity contribution in [2.75, 3.05) is 0 Å². The molecule has 0 bridgehead atoms. The zero-order valence-electron chi connectivity index (χ0n) is 8.81. The van der Waals surface area contributed by atoms with Crippen LogP contribution in [0.2, 0.25) is 0 Å². The number of hydrogen-bond acceptors (Lipinski definition) is 1. The molecule has 0 saturated heterocycles. The third-order valence-electron chi connectivity index (χ3n) is 1.94. The summed E-state index contributed by atoms with van der Waals surface area (Å²) in [4.78, 5) is 11.4. The zero-order chi connectivity index (χ0) is 11.1. The largest absolute Gasteiger partial charge is 0.289 e. The van der Waals surface area contributed by atoms with E-state index < -0.39 is 0 Å². The molecule has 15 heavy (non-hydrogen) atoms. The lowest BCUT2D eigenvalue weighted by atomic mass is 10.1. The normalized spacial score (nSPS) is 11.0. The highest BCUT2D eigenvalue weighted by atomic mass is 16.1. The molecule has 0 radical (unpaired) electrons. The van der Waals surface area contributed by atoms with E-state index in [2.05, 4.69) is 6.58 Å². The number of ketones is 1. The first-order valence-corrected chi connectivity index (χ1v) is 4.84. The van der Waals surface area contributed by atoms with Crippen LogP contribution in [0.3, 0.4) is 0 Å². The summed E-state index contributed by atoms with van der Waals surface area (Å²) in [7, 11) is 0. The summed E-state index contributed by atoms with van der Waals surface area (Å²) >= 11 is 0. The Morgan fingerprint density at radius 3 is 2.47 bits per heavy atom. The fourth-order valence-electron chi connectivity index (χ4n) is 1.19. The lowest BCUT2D eigenvalue weighted by Gasteiger charge is -1.96. The van der Waals surface area contributed by atoms with Crippen LogP contribution < -0.4 is 0 Å². The van der Waals surface area contributed by atoms with Crippen LogP contribution in [0.5, 0.6) is 0 Å². The maximum absolute atomic E-state index is 11.4. The number of carbonyl (C=O) groups is 1. The predicted molar refractivity (Wildman–Crippen MR) is 64.8 cm³/mol. The lowest BCUT2D eigenvalue weighted by molar-refractivity contribution is 0.104. The van der Waals surface area contributed by atoms with Gasteiger partial charge >= 0.3 is 0 Å². The van der Waals surface area contributed by atoms with E-state index in [0.717, 1.165) is 5.56 Å². The zero-order valence-corrected chi connectivity index (χ0v) is 8.81. The summed E-state index contributed by atoms with van der Waals surface area (Å²) in [6.07, 6.45) is 8.83. The molecule has 0 amide bonds. The molecule has 0 saturated carbocycles. The van der Waals surface area contributed by atoms with Crippen LogP contribution in [0.1, 0.15) is 22.8 Å². The lowest BCUT2D eigenvalue weighted by Crippen LogP contribution is -1.93. The number of benzene rings is 1. The molecule has 0 atom stereocenters. The third-order valence-corrected chi connectivity index (χ3v) is 1.94. The fraction of sp³-hybridized carbons (Fsp3) is 0.0714. The minimum absolute atomic E-state index is 0.0387. The third kappa shape index (κ3) is 3.39. The molecule has 1 aromatic rings. The molecule has 1 nitrogen and oxygen atoms in total. The molecular formula is C14H14O. The van der Waals surface area contributed by atoms with Gasteiger partial charge in [-0.2, -0.15) is 0 Å². The molecule has 0 aromatic heterocycles. The second kappa shape index (κ2) is 5.76. The Hall–Kier alpha value is -1.89. The maximum Gasteiger partial charge on any atom is 0.185 e. The molecule has 0 aliphatic carbocycles. The molecule has 1 rings (SSSR count). The highest BCUT2D eigenvalue weighted by Gasteiger charge is 1.99. The summed E-state index contributed by atoms with van der Waals surface area (Å²) in [5.74, 6) is 0.0387. The van der Waals surface area contributed by atoms with Crippen LogP contribution in [0.15, 0.2) is 55.1 Å². The van der Waals surface area contributed by atoms with Gasteiger partial charge in [0.1, 0.15) is 0 Å². The Morgan fingerprint density at radius 2 is 1.93 bits per heavy atom. The van der Waals surface area contributed by atoms with Gasteiger partial charge in [-0.05, 0) is 18.6 Å². The second-order valence-electron chi connectivity index (χ2n) is 3.08. The molecule has 0 unspecified atom stereocenters. The van der Waals surface area contributed by atoms with E-state index in [1.807, 2.05) is 43.3 Å². The molecule has 0 heterocycles. The van der Waals surface area contributed by atoms with Gasteiger partial charge in [-0.15, -0.1) is 0 Å². The Bertz CT molecular complexity index is 394. The van der Waals surface area contributed by atoms with E-state index in [9.17, 15) is 4.79 Å². The summed E-state index contributed by atoms with van der Waals surface area (Å²) in [6.45, 7) is 5.43. The van der Waals surface area contributed by atoms with Crippen molar-refractivity contribution in [3.63, 3.8) is 0 Å². The van der Waals surface area contributed by atoms with E-state index in [1.165, 1.54) is 0 Å². The van der Waals surface area contributed by atoms with Crippen molar-refractivity contribution < 1.29 is 4.79 Å². The molecule has 0 aliphatic rings. The van der Waals surface area contributed by atoms with Crippen LogP contribution in [0.4, 0.5) is 0 Å². The van der Waals surface area contributed by atoms with Gasteiger partial charge < -0.3 is 0 Å². The Labute approximate surface area is 90.4 Å². The molecule has 0 fully saturated rings. The van der Waals surface area contributed by atoms with Gasteiger partial charge in [0.05, 0.1) is 0 Å². The van der Waals surface area contributed by atoms with Gasteiger partial charge in [-0.25, -0.2) is 0 Å². The van der Waals surface area contributed by atoms with Crippen LogP contribution in [-0.2, 0) is 0 Å². The molecule has 0 aliphatic heterocycles. The Morgan fingerprint density at radius 1 is 1.27 bits per heavy atom. The fourth-order valence-corrected chi connectivity index (χ4v) is 1.19. The van der Waals surface area contributed by atoms with Crippen LogP contribution in [-0.4, -0.2) is 5.78 Å². The van der Waals surface area contributed by atoms with Crippen molar-refractivity contribution in [2.24, 2.45) is 0 Å².